The van der Waals surface area contributed by atoms with Crippen LogP contribution in [0.5, 0.6) is 0 Å². The maximum Gasteiger partial charge on any atom is 0.268 e. The van der Waals surface area contributed by atoms with E-state index in [-0.39, 0.29) is 6.51 Å². The van der Waals surface area contributed by atoms with Crippen LogP contribution in [0.15, 0.2) is 0 Å². The van der Waals surface area contributed by atoms with Crippen LogP contribution in [-0.2, 0) is 0 Å². The highest BCUT2D eigenvalue weighted by Gasteiger charge is 1.67. The van der Waals surface area contributed by atoms with E-state index in [1.165, 1.54) is 0 Å². The maximum absolute atomic E-state index is 7.69. The molecule has 0 amide bonds. The van der Waals surface area contributed by atoms with Crippen molar-refractivity contribution in [3.63, 3.8) is 0 Å². The van der Waals surface area contributed by atoms with E-state index in [0.29, 0.717) is 0 Å². The first-order valence-corrected chi connectivity index (χ1v) is 1.38. The molecule has 0 aliphatic heterocycles. The van der Waals surface area contributed by atoms with Crippen LogP contribution in [0.1, 0.15) is 0 Å². The fourth-order valence-electron chi connectivity index (χ4n) is 0. The smallest absolute Gasteiger partial charge is 0.268 e. The van der Waals surface area contributed by atoms with E-state index in [4.69, 9.17) is 16.6 Å². The van der Waals surface area contributed by atoms with Gasteiger partial charge in [-0.25, -0.2) is 11.5 Å². The van der Waals surface area contributed by atoms with E-state index < -0.39 is 0 Å². The zero-order chi connectivity index (χ0) is 3.41. The second-order valence-corrected chi connectivity index (χ2v) is 0.645. The van der Waals surface area contributed by atoms with Crippen molar-refractivity contribution in [2.75, 3.05) is 6.51 Å². The first kappa shape index (κ1) is 4.31. The Morgan fingerprint density at radius 3 is 2.25 bits per heavy atom. The summed E-state index contributed by atoms with van der Waals surface area (Å²) in [7, 11) is 0. The molecule has 0 fully saturated rings. The third-order valence-corrected chi connectivity index (χ3v) is 0.207. The first-order chi connectivity index (χ1) is 1.91. The maximum atomic E-state index is 7.69. The van der Waals surface area contributed by atoms with Gasteiger partial charge in [-0.3, -0.25) is 0 Å². The molecule has 0 aliphatic carbocycles. The molecule has 0 bridgehead atoms. The summed E-state index contributed by atoms with van der Waals surface area (Å²) >= 11 is 4.81. The van der Waals surface area contributed by atoms with Gasteiger partial charge in [0.1, 0.15) is 0 Å². The average Bonchev–Trinajstić information content (AvgIpc) is 1.37. The summed E-state index contributed by atoms with van der Waals surface area (Å²) in [6.07, 6.45) is 0. The molecular formula is CH3BClO. The lowest BCUT2D eigenvalue weighted by Crippen LogP contribution is -1.82. The molecule has 3 heteroatoms. The number of hydrogen-bond acceptors (Lipinski definition) is 1. The number of aliphatic hydroxyl groups excluding tert-OH is 1. The molecule has 23 valence electrons. The summed E-state index contributed by atoms with van der Waals surface area (Å²) in [5.41, 5.74) is 0. The van der Waals surface area contributed by atoms with E-state index in [2.05, 4.69) is 0 Å². The van der Waals surface area contributed by atoms with E-state index in [0.717, 1.165) is 6.69 Å². The van der Waals surface area contributed by atoms with Crippen molar-refractivity contribution in [3.8, 4) is 0 Å². The highest BCUT2D eigenvalue weighted by atomic mass is 35.5. The van der Waals surface area contributed by atoms with Crippen LogP contribution in [0.2, 0.25) is 0 Å². The molecule has 0 atom stereocenters. The Balaban J connectivity index is 1.97. The lowest BCUT2D eigenvalue weighted by molar-refractivity contribution is 0.368. The lowest BCUT2D eigenvalue weighted by atomic mass is 10.2. The number of rotatable bonds is 1. The van der Waals surface area contributed by atoms with Gasteiger partial charge in [-0.1, -0.05) is 0 Å². The summed E-state index contributed by atoms with van der Waals surface area (Å²) in [6.45, 7) is 1.11. The van der Waals surface area contributed by atoms with Gasteiger partial charge in [-0.15, -0.1) is 0 Å². The van der Waals surface area contributed by atoms with Crippen molar-refractivity contribution in [1.82, 2.24) is 0 Å². The molecule has 0 aromatic heterocycles. The number of halogens is 1. The minimum Gasteiger partial charge on any atom is -0.404 e. The molecule has 1 radical (unpaired) electrons. The third kappa shape index (κ3) is 2.31. The molecular weight excluding hydrogens is 74.3 g/mol. The molecule has 0 unspecified atom stereocenters. The van der Waals surface area contributed by atoms with Gasteiger partial charge >= 0.3 is 0 Å². The fourth-order valence-corrected chi connectivity index (χ4v) is 0. The Morgan fingerprint density at radius 2 is 2.25 bits per heavy atom. The van der Waals surface area contributed by atoms with Crippen molar-refractivity contribution in [2.24, 2.45) is 0 Å². The largest absolute Gasteiger partial charge is 0.404 e. The van der Waals surface area contributed by atoms with Crippen LogP contribution >= 0.6 is 11.5 Å². The van der Waals surface area contributed by atoms with Crippen molar-refractivity contribution >= 4 is 18.2 Å². The first-order valence-electron chi connectivity index (χ1n) is 0.943. The Kier molecular flexibility index (Phi) is 3.58. The molecule has 0 aliphatic rings. The molecule has 0 saturated carbocycles. The lowest BCUT2D eigenvalue weighted by Gasteiger charge is -1.63. The standard InChI is InChI=1S/CH3BClO/c3-2-1-4/h4H,1H2. The van der Waals surface area contributed by atoms with Gasteiger partial charge in [-0.05, 0) is 0 Å². The van der Waals surface area contributed by atoms with E-state index in [9.17, 15) is 0 Å². The molecule has 1 nitrogen and oxygen atoms in total. The summed E-state index contributed by atoms with van der Waals surface area (Å²) in [4.78, 5) is 0. The van der Waals surface area contributed by atoms with Gasteiger partial charge in [0, 0.05) is 6.51 Å². The van der Waals surface area contributed by atoms with Crippen LogP contribution in [0.4, 0.5) is 0 Å². The van der Waals surface area contributed by atoms with Crippen molar-refractivity contribution in [3.05, 3.63) is 0 Å². The second-order valence-electron chi connectivity index (χ2n) is 0.337. The van der Waals surface area contributed by atoms with Crippen LogP contribution in [0.25, 0.3) is 0 Å². The van der Waals surface area contributed by atoms with Crippen molar-refractivity contribution < 1.29 is 5.11 Å². The minimum absolute atomic E-state index is 0.0401. The Bertz CT molecular complexity index is 10.0. The SMILES string of the molecule is OC[B]Cl. The number of hydrogen-bond donors (Lipinski definition) is 1. The van der Waals surface area contributed by atoms with Crippen LogP contribution in [-0.4, -0.2) is 18.3 Å². The summed E-state index contributed by atoms with van der Waals surface area (Å²) in [6, 6.07) is 0. The van der Waals surface area contributed by atoms with Crippen molar-refractivity contribution in [2.45, 2.75) is 0 Å². The quantitative estimate of drug-likeness (QED) is 0.430. The molecule has 0 saturated heterocycles. The van der Waals surface area contributed by atoms with Gasteiger partial charge in [0.2, 0.25) is 0 Å². The Labute approximate surface area is 30.7 Å². The minimum atomic E-state index is -0.0401. The summed E-state index contributed by atoms with van der Waals surface area (Å²) < 4.78 is 0. The van der Waals surface area contributed by atoms with Crippen LogP contribution in [0.3, 0.4) is 0 Å². The zero-order valence-electron chi connectivity index (χ0n) is 2.11. The van der Waals surface area contributed by atoms with Gasteiger partial charge < -0.3 is 5.11 Å². The topological polar surface area (TPSA) is 20.2 Å². The Hall–Kier alpha value is 0.315. The van der Waals surface area contributed by atoms with Crippen molar-refractivity contribution in [1.29, 1.82) is 0 Å². The molecule has 0 spiro atoms. The normalized spacial score (nSPS) is 6.50. The molecule has 0 aromatic carbocycles. The van der Waals surface area contributed by atoms with Crippen LogP contribution in [0, 0.1) is 0 Å². The summed E-state index contributed by atoms with van der Waals surface area (Å²) in [5.74, 6) is 0. The zero-order valence-corrected chi connectivity index (χ0v) is 2.87. The average molecular weight is 77.3 g/mol. The molecule has 0 heterocycles. The van der Waals surface area contributed by atoms with E-state index >= 15 is 0 Å². The van der Waals surface area contributed by atoms with Gasteiger partial charge in [-0.2, -0.15) is 0 Å². The number of aliphatic hydroxyl groups is 1. The van der Waals surface area contributed by atoms with E-state index in [1.807, 2.05) is 0 Å². The van der Waals surface area contributed by atoms with Crippen LogP contribution < -0.4 is 0 Å². The monoisotopic (exact) mass is 77.0 g/mol. The highest BCUT2D eigenvalue weighted by molar-refractivity contribution is 6.93. The van der Waals surface area contributed by atoms with E-state index in [1.54, 1.807) is 0 Å². The molecule has 0 aromatic rings. The second kappa shape index (κ2) is 3.31. The van der Waals surface area contributed by atoms with Gasteiger partial charge in [0.25, 0.3) is 6.69 Å². The summed E-state index contributed by atoms with van der Waals surface area (Å²) in [5, 5.41) is 7.69. The predicted molar refractivity (Wildman–Crippen MR) is 18.7 cm³/mol. The molecule has 0 rings (SSSR count). The third-order valence-electron chi connectivity index (χ3n) is 0.0690. The highest BCUT2D eigenvalue weighted by Crippen LogP contribution is 1.57. The molecule has 1 N–H and O–H groups in total. The predicted octanol–water partition coefficient (Wildman–Crippen LogP) is -0.206. The van der Waals surface area contributed by atoms with Gasteiger partial charge in [0.05, 0.1) is 0 Å². The fraction of sp³-hybridized carbons (Fsp3) is 1.00. The molecule has 4 heavy (non-hydrogen) atoms. The Morgan fingerprint density at radius 1 is 2.00 bits per heavy atom. The van der Waals surface area contributed by atoms with Gasteiger partial charge in [0.15, 0.2) is 0 Å².